The maximum absolute atomic E-state index is 11.5. The molecule has 106 valence electrons. The number of aromatic nitrogens is 1. The van der Waals surface area contributed by atoms with Crippen LogP contribution in [0.25, 0.3) is 10.9 Å². The van der Waals surface area contributed by atoms with E-state index in [-0.39, 0.29) is 11.3 Å². The lowest BCUT2D eigenvalue weighted by atomic mass is 9.82. The van der Waals surface area contributed by atoms with Crippen molar-refractivity contribution >= 4 is 16.9 Å². The Labute approximate surface area is 119 Å². The van der Waals surface area contributed by atoms with E-state index in [9.17, 15) is 9.90 Å². The van der Waals surface area contributed by atoms with Gasteiger partial charge in [0, 0.05) is 16.6 Å². The Bertz CT molecular complexity index is 676. The van der Waals surface area contributed by atoms with Gasteiger partial charge in [-0.05, 0) is 47.9 Å². The van der Waals surface area contributed by atoms with E-state index in [1.54, 1.807) is 0 Å². The lowest BCUT2D eigenvalue weighted by Crippen LogP contribution is -2.17. The quantitative estimate of drug-likeness (QED) is 0.824. The monoisotopic (exact) mass is 271 g/mol. The highest BCUT2D eigenvalue weighted by Crippen LogP contribution is 2.38. The molecule has 1 aromatic heterocycles. The summed E-state index contributed by atoms with van der Waals surface area (Å²) >= 11 is 0. The highest BCUT2D eigenvalue weighted by molar-refractivity contribution is 5.91. The molecule has 3 rings (SSSR count). The molecule has 0 amide bonds. The second-order valence-electron chi connectivity index (χ2n) is 6.81. The molecule has 0 bridgehead atoms. The molecule has 3 heteroatoms. The molecule has 0 saturated heterocycles. The third-order valence-electron chi connectivity index (χ3n) is 4.35. The largest absolute Gasteiger partial charge is 0.481 e. The lowest BCUT2D eigenvalue weighted by Gasteiger charge is -2.21. The molecule has 3 nitrogen and oxygen atoms in total. The molecule has 1 unspecified atom stereocenters. The molecule has 1 aliphatic carbocycles. The first-order chi connectivity index (χ1) is 9.38. The van der Waals surface area contributed by atoms with Crippen LogP contribution in [0.4, 0.5) is 0 Å². The van der Waals surface area contributed by atoms with E-state index in [0.717, 1.165) is 41.4 Å². The summed E-state index contributed by atoms with van der Waals surface area (Å²) in [7, 11) is 0. The van der Waals surface area contributed by atoms with E-state index in [1.165, 1.54) is 5.56 Å². The Balaban J connectivity index is 2.24. The number of carbonyl (C=O) groups is 1. The number of carboxylic acid groups (broad SMARTS) is 1. The van der Waals surface area contributed by atoms with E-state index in [4.69, 9.17) is 0 Å². The van der Waals surface area contributed by atoms with Crippen LogP contribution >= 0.6 is 0 Å². The molecule has 1 aromatic carbocycles. The molecule has 1 aliphatic rings. The van der Waals surface area contributed by atoms with Gasteiger partial charge in [-0.2, -0.15) is 0 Å². The second kappa shape index (κ2) is 4.37. The number of rotatable bonds is 1. The highest BCUT2D eigenvalue weighted by atomic mass is 16.4. The topological polar surface area (TPSA) is 53.1 Å². The Morgan fingerprint density at radius 1 is 1.35 bits per heavy atom. The van der Waals surface area contributed by atoms with E-state index < -0.39 is 5.97 Å². The fourth-order valence-corrected chi connectivity index (χ4v) is 3.20. The van der Waals surface area contributed by atoms with E-state index >= 15 is 0 Å². The normalized spacial score (nSPS) is 19.1. The van der Waals surface area contributed by atoms with Gasteiger partial charge in [-0.1, -0.05) is 26.8 Å². The summed E-state index contributed by atoms with van der Waals surface area (Å²) in [5, 5.41) is 10.6. The van der Waals surface area contributed by atoms with Crippen molar-refractivity contribution in [3.8, 4) is 0 Å². The second-order valence-corrected chi connectivity index (χ2v) is 6.81. The van der Waals surface area contributed by atoms with Gasteiger partial charge in [-0.15, -0.1) is 0 Å². The number of H-pyrrole nitrogens is 1. The van der Waals surface area contributed by atoms with Gasteiger partial charge in [0.2, 0.25) is 0 Å². The molecule has 20 heavy (non-hydrogen) atoms. The standard InChI is InChI=1S/C17H21NO2/c1-17(2,3)10-7-8-13-12(9-10)15-11(16(19)20)5-4-6-14(15)18-13/h7-9,11,18H,4-6H2,1-3H3,(H,19,20). The van der Waals surface area contributed by atoms with Crippen LogP contribution in [0.2, 0.25) is 0 Å². The number of hydrogen-bond acceptors (Lipinski definition) is 1. The number of aliphatic carboxylic acids is 1. The van der Waals surface area contributed by atoms with Crippen LogP contribution in [0.5, 0.6) is 0 Å². The van der Waals surface area contributed by atoms with Crippen LogP contribution in [0.3, 0.4) is 0 Å². The molecule has 2 aromatic rings. The summed E-state index contributed by atoms with van der Waals surface area (Å²) in [6.45, 7) is 6.55. The van der Waals surface area contributed by atoms with Crippen LogP contribution in [-0.2, 0) is 16.6 Å². The van der Waals surface area contributed by atoms with Gasteiger partial charge in [-0.3, -0.25) is 4.79 Å². The van der Waals surface area contributed by atoms with Crippen molar-refractivity contribution in [3.05, 3.63) is 35.0 Å². The molecule has 0 fully saturated rings. The number of hydrogen-bond donors (Lipinski definition) is 2. The van der Waals surface area contributed by atoms with Gasteiger partial charge in [0.05, 0.1) is 5.92 Å². The smallest absolute Gasteiger partial charge is 0.311 e. The van der Waals surface area contributed by atoms with E-state index in [0.29, 0.717) is 0 Å². The molecule has 0 spiro atoms. The van der Waals surface area contributed by atoms with Crippen molar-refractivity contribution in [2.24, 2.45) is 0 Å². The molecule has 0 saturated carbocycles. The first-order valence-corrected chi connectivity index (χ1v) is 7.25. The minimum Gasteiger partial charge on any atom is -0.481 e. The van der Waals surface area contributed by atoms with Gasteiger partial charge >= 0.3 is 5.97 Å². The van der Waals surface area contributed by atoms with E-state index in [2.05, 4.69) is 44.0 Å². The van der Waals surface area contributed by atoms with Gasteiger partial charge in [0.15, 0.2) is 0 Å². The molecular weight excluding hydrogens is 250 g/mol. The predicted octanol–water partition coefficient (Wildman–Crippen LogP) is 3.97. The predicted molar refractivity (Wildman–Crippen MR) is 80.3 cm³/mol. The average molecular weight is 271 g/mol. The fraction of sp³-hybridized carbons (Fsp3) is 0.471. The van der Waals surface area contributed by atoms with Gasteiger partial charge < -0.3 is 10.1 Å². The van der Waals surface area contributed by atoms with Crippen molar-refractivity contribution in [2.75, 3.05) is 0 Å². The van der Waals surface area contributed by atoms with Gasteiger partial charge in [0.25, 0.3) is 0 Å². The molecule has 0 aliphatic heterocycles. The maximum Gasteiger partial charge on any atom is 0.311 e. The molecular formula is C17H21NO2. The van der Waals surface area contributed by atoms with Crippen molar-refractivity contribution < 1.29 is 9.90 Å². The van der Waals surface area contributed by atoms with Gasteiger partial charge in [-0.25, -0.2) is 0 Å². The van der Waals surface area contributed by atoms with Crippen molar-refractivity contribution in [1.29, 1.82) is 0 Å². The summed E-state index contributed by atoms with van der Waals surface area (Å²) < 4.78 is 0. The zero-order chi connectivity index (χ0) is 14.5. The molecule has 0 radical (unpaired) electrons. The summed E-state index contributed by atoms with van der Waals surface area (Å²) in [6, 6.07) is 6.40. The molecule has 1 heterocycles. The van der Waals surface area contributed by atoms with Crippen LogP contribution in [0, 0.1) is 0 Å². The van der Waals surface area contributed by atoms with Crippen LogP contribution in [0.15, 0.2) is 18.2 Å². The Morgan fingerprint density at radius 2 is 2.10 bits per heavy atom. The number of nitrogens with one attached hydrogen (secondary N) is 1. The number of aryl methyl sites for hydroxylation is 1. The maximum atomic E-state index is 11.5. The lowest BCUT2D eigenvalue weighted by molar-refractivity contribution is -0.139. The van der Waals surface area contributed by atoms with Crippen molar-refractivity contribution in [2.45, 2.75) is 51.4 Å². The number of carboxylic acids is 1. The summed E-state index contributed by atoms with van der Waals surface area (Å²) in [6.07, 6.45) is 2.65. The SMILES string of the molecule is CC(C)(C)c1ccc2[nH]c3c(c2c1)C(C(=O)O)CCC3. The Morgan fingerprint density at radius 3 is 2.75 bits per heavy atom. The zero-order valence-corrected chi connectivity index (χ0v) is 12.3. The minimum absolute atomic E-state index is 0.0751. The van der Waals surface area contributed by atoms with E-state index in [1.807, 2.05) is 0 Å². The van der Waals surface area contributed by atoms with Gasteiger partial charge in [0.1, 0.15) is 0 Å². The van der Waals surface area contributed by atoms with Crippen LogP contribution in [0.1, 0.15) is 56.4 Å². The Kier molecular flexibility index (Phi) is 2.89. The fourth-order valence-electron chi connectivity index (χ4n) is 3.20. The summed E-state index contributed by atoms with van der Waals surface area (Å²) in [5.41, 5.74) is 4.53. The number of fused-ring (bicyclic) bond motifs is 3. The highest BCUT2D eigenvalue weighted by Gasteiger charge is 2.30. The number of benzene rings is 1. The first-order valence-electron chi connectivity index (χ1n) is 7.25. The van der Waals surface area contributed by atoms with Crippen molar-refractivity contribution in [3.63, 3.8) is 0 Å². The minimum atomic E-state index is -0.701. The molecule has 1 atom stereocenters. The zero-order valence-electron chi connectivity index (χ0n) is 12.3. The first kappa shape index (κ1) is 13.2. The average Bonchev–Trinajstić information content (AvgIpc) is 2.74. The van der Waals surface area contributed by atoms with Crippen molar-refractivity contribution in [1.82, 2.24) is 4.98 Å². The van der Waals surface area contributed by atoms with Crippen LogP contribution < -0.4 is 0 Å². The molecule has 2 N–H and O–H groups in total. The summed E-state index contributed by atoms with van der Waals surface area (Å²) in [5.74, 6) is -1.06. The Hall–Kier alpha value is -1.77. The van der Waals surface area contributed by atoms with Crippen LogP contribution in [-0.4, -0.2) is 16.1 Å². The third kappa shape index (κ3) is 2.01. The number of aromatic amines is 1. The summed E-state index contributed by atoms with van der Waals surface area (Å²) in [4.78, 5) is 14.9. The third-order valence-corrected chi connectivity index (χ3v) is 4.35.